The molecule has 0 bridgehead atoms. The summed E-state index contributed by atoms with van der Waals surface area (Å²) in [5.74, 6) is -0.304. The van der Waals surface area contributed by atoms with Gasteiger partial charge in [0.15, 0.2) is 0 Å². The molecule has 1 rings (SSSR count). The summed E-state index contributed by atoms with van der Waals surface area (Å²) in [6.45, 7) is 1.77. The summed E-state index contributed by atoms with van der Waals surface area (Å²) in [6, 6.07) is 0. The molecule has 88 valence electrons. The van der Waals surface area contributed by atoms with Gasteiger partial charge in [-0.1, -0.05) is 0 Å². The van der Waals surface area contributed by atoms with Crippen molar-refractivity contribution in [2.75, 3.05) is 13.4 Å². The second-order valence-corrected chi connectivity index (χ2v) is 5.82. The Morgan fingerprint density at radius 2 is 2.07 bits per heavy atom. The van der Waals surface area contributed by atoms with Crippen LogP contribution < -0.4 is 0 Å². The smallest absolute Gasteiger partial charge is 0.311 e. The van der Waals surface area contributed by atoms with Crippen molar-refractivity contribution >= 4 is 16.1 Å². The first kappa shape index (κ1) is 12.4. The predicted molar refractivity (Wildman–Crippen MR) is 53.7 cm³/mol. The van der Waals surface area contributed by atoms with Gasteiger partial charge in [-0.3, -0.25) is 8.98 Å². The van der Waals surface area contributed by atoms with E-state index in [9.17, 15) is 13.2 Å². The molecule has 0 heterocycles. The van der Waals surface area contributed by atoms with Gasteiger partial charge in [0.05, 0.1) is 24.9 Å². The van der Waals surface area contributed by atoms with Crippen molar-refractivity contribution in [3.8, 4) is 0 Å². The number of carbonyl (C=O) groups is 1. The number of ether oxygens (including phenoxy) is 1. The molecule has 0 aromatic rings. The zero-order valence-corrected chi connectivity index (χ0v) is 9.96. The molecular formula is C9H16O5S. The van der Waals surface area contributed by atoms with E-state index in [1.807, 2.05) is 0 Å². The van der Waals surface area contributed by atoms with Crippen LogP contribution in [-0.4, -0.2) is 33.9 Å². The first-order valence-corrected chi connectivity index (χ1v) is 6.55. The lowest BCUT2D eigenvalue weighted by molar-refractivity contribution is -0.151. The maximum absolute atomic E-state index is 11.4. The zero-order chi connectivity index (χ0) is 11.7. The number of hydrogen-bond acceptors (Lipinski definition) is 5. The summed E-state index contributed by atoms with van der Waals surface area (Å²) < 4.78 is 31.3. The van der Waals surface area contributed by atoms with Gasteiger partial charge < -0.3 is 4.74 Å². The van der Waals surface area contributed by atoms with Crippen LogP contribution in [0.3, 0.4) is 0 Å². The molecule has 1 aliphatic rings. The third kappa shape index (κ3) is 3.17. The normalized spacial score (nSPS) is 31.5. The van der Waals surface area contributed by atoms with E-state index in [-0.39, 0.29) is 5.97 Å². The quantitative estimate of drug-likeness (QED) is 0.532. The molecule has 6 heteroatoms. The van der Waals surface area contributed by atoms with Crippen LogP contribution in [0.2, 0.25) is 0 Å². The standard InChI is InChI=1S/C9H16O5S/c1-9(8(10)13-2)5-4-7(6-9)14-15(3,11)12/h7H,4-6H2,1-3H3/t7-,9?/m0/s1. The van der Waals surface area contributed by atoms with Gasteiger partial charge in [-0.05, 0) is 26.2 Å². The van der Waals surface area contributed by atoms with Crippen LogP contribution >= 0.6 is 0 Å². The topological polar surface area (TPSA) is 69.7 Å². The highest BCUT2D eigenvalue weighted by molar-refractivity contribution is 7.86. The van der Waals surface area contributed by atoms with Crippen LogP contribution in [0.1, 0.15) is 26.2 Å². The Morgan fingerprint density at radius 3 is 2.53 bits per heavy atom. The zero-order valence-electron chi connectivity index (χ0n) is 9.15. The molecule has 15 heavy (non-hydrogen) atoms. The van der Waals surface area contributed by atoms with Crippen molar-refractivity contribution < 1.29 is 22.1 Å². The largest absolute Gasteiger partial charge is 0.469 e. The van der Waals surface area contributed by atoms with Crippen molar-refractivity contribution in [2.45, 2.75) is 32.3 Å². The van der Waals surface area contributed by atoms with Crippen molar-refractivity contribution in [3.63, 3.8) is 0 Å². The third-order valence-electron chi connectivity index (χ3n) is 2.69. The summed E-state index contributed by atoms with van der Waals surface area (Å²) in [5.41, 5.74) is -0.607. The average Bonchev–Trinajstić information content (AvgIpc) is 2.44. The molecule has 1 unspecified atom stereocenters. The van der Waals surface area contributed by atoms with Gasteiger partial charge in [-0.2, -0.15) is 8.42 Å². The molecule has 5 nitrogen and oxygen atoms in total. The second-order valence-electron chi connectivity index (χ2n) is 4.22. The summed E-state index contributed by atoms with van der Waals surface area (Å²) in [4.78, 5) is 11.4. The molecule has 0 spiro atoms. The van der Waals surface area contributed by atoms with E-state index in [1.165, 1.54) is 7.11 Å². The van der Waals surface area contributed by atoms with Crippen LogP contribution in [0.5, 0.6) is 0 Å². The number of rotatable bonds is 3. The summed E-state index contributed by atoms with van der Waals surface area (Å²) in [6.07, 6.45) is 2.18. The fourth-order valence-electron chi connectivity index (χ4n) is 1.95. The second kappa shape index (κ2) is 4.09. The van der Waals surface area contributed by atoms with E-state index < -0.39 is 21.6 Å². The molecule has 0 amide bonds. The Hall–Kier alpha value is -0.620. The Labute approximate surface area is 89.9 Å². The number of hydrogen-bond donors (Lipinski definition) is 0. The lowest BCUT2D eigenvalue weighted by Crippen LogP contribution is -2.27. The maximum atomic E-state index is 11.4. The first-order chi connectivity index (χ1) is 6.77. The summed E-state index contributed by atoms with van der Waals surface area (Å²) in [7, 11) is -2.11. The molecule has 0 saturated heterocycles. The molecule has 0 N–H and O–H groups in total. The van der Waals surface area contributed by atoms with Gasteiger partial charge in [-0.25, -0.2) is 0 Å². The first-order valence-electron chi connectivity index (χ1n) is 4.73. The molecule has 1 fully saturated rings. The molecule has 1 saturated carbocycles. The van der Waals surface area contributed by atoms with Crippen LogP contribution in [0, 0.1) is 5.41 Å². The maximum Gasteiger partial charge on any atom is 0.311 e. The molecule has 2 atom stereocenters. The minimum atomic E-state index is -3.44. The Bertz CT molecular complexity index is 348. The Kier molecular flexibility index (Phi) is 3.40. The number of esters is 1. The molecular weight excluding hydrogens is 220 g/mol. The minimum absolute atomic E-state index is 0.304. The Morgan fingerprint density at radius 1 is 1.47 bits per heavy atom. The Balaban J connectivity index is 2.63. The van der Waals surface area contributed by atoms with Crippen molar-refractivity contribution in [3.05, 3.63) is 0 Å². The summed E-state index contributed by atoms with van der Waals surface area (Å²) >= 11 is 0. The molecule has 0 aromatic heterocycles. The molecule has 0 aromatic carbocycles. The molecule has 0 aliphatic heterocycles. The van der Waals surface area contributed by atoms with E-state index in [0.717, 1.165) is 6.26 Å². The SMILES string of the molecule is COC(=O)C1(C)CC[C@H](OS(C)(=O)=O)C1. The van der Waals surface area contributed by atoms with Crippen LogP contribution in [-0.2, 0) is 23.8 Å². The molecule has 1 aliphatic carbocycles. The van der Waals surface area contributed by atoms with Crippen molar-refractivity contribution in [2.24, 2.45) is 5.41 Å². The van der Waals surface area contributed by atoms with Crippen molar-refractivity contribution in [1.29, 1.82) is 0 Å². The van der Waals surface area contributed by atoms with E-state index >= 15 is 0 Å². The highest BCUT2D eigenvalue weighted by atomic mass is 32.2. The van der Waals surface area contributed by atoms with Crippen LogP contribution in [0.15, 0.2) is 0 Å². The summed E-state index contributed by atoms with van der Waals surface area (Å²) in [5, 5.41) is 0. The lowest BCUT2D eigenvalue weighted by Gasteiger charge is -2.20. The molecule has 0 radical (unpaired) electrons. The van der Waals surface area contributed by atoms with E-state index in [4.69, 9.17) is 4.18 Å². The van der Waals surface area contributed by atoms with Gasteiger partial charge in [-0.15, -0.1) is 0 Å². The third-order valence-corrected chi connectivity index (χ3v) is 3.31. The van der Waals surface area contributed by atoms with Gasteiger partial charge in [0.25, 0.3) is 10.1 Å². The average molecular weight is 236 g/mol. The van der Waals surface area contributed by atoms with Crippen LogP contribution in [0.4, 0.5) is 0 Å². The number of carbonyl (C=O) groups excluding carboxylic acids is 1. The fourth-order valence-corrected chi connectivity index (χ4v) is 2.61. The van der Waals surface area contributed by atoms with E-state index in [1.54, 1.807) is 6.92 Å². The van der Waals surface area contributed by atoms with E-state index in [2.05, 4.69) is 4.74 Å². The lowest BCUT2D eigenvalue weighted by atomic mass is 9.89. The highest BCUT2D eigenvalue weighted by Gasteiger charge is 2.43. The van der Waals surface area contributed by atoms with E-state index in [0.29, 0.717) is 19.3 Å². The van der Waals surface area contributed by atoms with Crippen molar-refractivity contribution in [1.82, 2.24) is 0 Å². The van der Waals surface area contributed by atoms with Crippen LogP contribution in [0.25, 0.3) is 0 Å². The van der Waals surface area contributed by atoms with Gasteiger partial charge in [0.2, 0.25) is 0 Å². The number of methoxy groups -OCH3 is 1. The predicted octanol–water partition coefficient (Wildman–Crippen LogP) is 0.694. The monoisotopic (exact) mass is 236 g/mol. The highest BCUT2D eigenvalue weighted by Crippen LogP contribution is 2.40. The van der Waals surface area contributed by atoms with Gasteiger partial charge >= 0.3 is 5.97 Å². The fraction of sp³-hybridized carbons (Fsp3) is 0.889. The van der Waals surface area contributed by atoms with Gasteiger partial charge in [0.1, 0.15) is 0 Å². The van der Waals surface area contributed by atoms with Gasteiger partial charge in [0, 0.05) is 0 Å². The minimum Gasteiger partial charge on any atom is -0.469 e.